The van der Waals surface area contributed by atoms with Gasteiger partial charge in [0, 0.05) is 6.20 Å². The van der Waals surface area contributed by atoms with E-state index in [1.165, 1.54) is 11.8 Å². The molecule has 0 unspecified atom stereocenters. The van der Waals surface area contributed by atoms with Crippen LogP contribution in [0, 0.1) is 0 Å². The highest BCUT2D eigenvalue weighted by molar-refractivity contribution is 5.90. The van der Waals surface area contributed by atoms with Gasteiger partial charge in [-0.05, 0) is 36.2 Å². The monoisotopic (exact) mass is 292 g/mol. The fourth-order valence-electron chi connectivity index (χ4n) is 2.11. The fraction of sp³-hybridized carbons (Fsp3) is 0.111. The topological polar surface area (TPSA) is 44.1 Å². The van der Waals surface area contributed by atoms with Crippen molar-refractivity contribution in [2.75, 3.05) is 0 Å². The Morgan fingerprint density at radius 1 is 1.09 bits per heavy atom. The van der Waals surface area contributed by atoms with Crippen molar-refractivity contribution in [1.82, 2.24) is 9.78 Å². The van der Waals surface area contributed by atoms with Crippen LogP contribution in [-0.2, 0) is 6.42 Å². The summed E-state index contributed by atoms with van der Waals surface area (Å²) in [5.41, 5.74) is 2.52. The van der Waals surface area contributed by atoms with Gasteiger partial charge in [0.05, 0.1) is 17.4 Å². The summed E-state index contributed by atoms with van der Waals surface area (Å²) in [4.78, 5) is 12.1. The van der Waals surface area contributed by atoms with E-state index in [4.69, 9.17) is 4.74 Å². The zero-order valence-corrected chi connectivity index (χ0v) is 12.3. The molecule has 0 fully saturated rings. The van der Waals surface area contributed by atoms with Gasteiger partial charge >= 0.3 is 5.97 Å². The number of para-hydroxylation sites is 1. The van der Waals surface area contributed by atoms with Gasteiger partial charge in [-0.3, -0.25) is 0 Å². The Hall–Kier alpha value is -2.88. The molecule has 1 aromatic heterocycles. The minimum Gasteiger partial charge on any atom is -0.423 e. The van der Waals surface area contributed by atoms with Crippen LogP contribution in [0.15, 0.2) is 67.0 Å². The van der Waals surface area contributed by atoms with E-state index in [9.17, 15) is 4.79 Å². The van der Waals surface area contributed by atoms with E-state index in [0.29, 0.717) is 11.3 Å². The van der Waals surface area contributed by atoms with E-state index in [0.717, 1.165) is 12.1 Å². The number of esters is 1. The minimum atomic E-state index is -0.411. The highest BCUT2D eigenvalue weighted by atomic mass is 16.5. The molecule has 0 aliphatic carbocycles. The largest absolute Gasteiger partial charge is 0.423 e. The molecule has 22 heavy (non-hydrogen) atoms. The summed E-state index contributed by atoms with van der Waals surface area (Å²) in [5.74, 6) is 0.126. The Morgan fingerprint density at radius 3 is 2.50 bits per heavy atom. The first kappa shape index (κ1) is 14.1. The first-order valence-corrected chi connectivity index (χ1v) is 7.17. The average molecular weight is 292 g/mol. The number of rotatable bonds is 4. The Labute approximate surface area is 129 Å². The SMILES string of the molecule is CCc1ccc(OC(=O)c2cnn(-c3ccccc3)c2)cc1. The number of aryl methyl sites for hydroxylation is 1. The van der Waals surface area contributed by atoms with Crippen molar-refractivity contribution in [2.45, 2.75) is 13.3 Å². The molecule has 0 aliphatic heterocycles. The van der Waals surface area contributed by atoms with E-state index >= 15 is 0 Å². The second-order valence-corrected chi connectivity index (χ2v) is 4.90. The van der Waals surface area contributed by atoms with Crippen LogP contribution >= 0.6 is 0 Å². The van der Waals surface area contributed by atoms with Crippen molar-refractivity contribution in [3.63, 3.8) is 0 Å². The zero-order valence-electron chi connectivity index (χ0n) is 12.3. The standard InChI is InChI=1S/C18H16N2O2/c1-2-14-8-10-17(11-9-14)22-18(21)15-12-19-20(13-15)16-6-4-3-5-7-16/h3-13H,2H2,1H3. The Bertz CT molecular complexity index is 761. The van der Waals surface area contributed by atoms with Gasteiger partial charge in [0.15, 0.2) is 0 Å². The molecule has 0 amide bonds. The summed E-state index contributed by atoms with van der Waals surface area (Å²) in [6.45, 7) is 2.08. The highest BCUT2D eigenvalue weighted by Gasteiger charge is 2.12. The molecular formula is C18H16N2O2. The van der Waals surface area contributed by atoms with E-state index in [2.05, 4.69) is 12.0 Å². The normalized spacial score (nSPS) is 10.4. The summed E-state index contributed by atoms with van der Waals surface area (Å²) >= 11 is 0. The van der Waals surface area contributed by atoms with Crippen LogP contribution in [0.3, 0.4) is 0 Å². The molecule has 2 aromatic carbocycles. The fourth-order valence-corrected chi connectivity index (χ4v) is 2.11. The maximum absolute atomic E-state index is 12.1. The molecule has 3 aromatic rings. The van der Waals surface area contributed by atoms with Crippen LogP contribution in [-0.4, -0.2) is 15.7 Å². The molecule has 0 saturated heterocycles. The Kier molecular flexibility index (Phi) is 4.01. The summed E-state index contributed by atoms with van der Waals surface area (Å²) in [7, 11) is 0. The smallest absolute Gasteiger partial charge is 0.346 e. The number of nitrogens with zero attached hydrogens (tertiary/aromatic N) is 2. The van der Waals surface area contributed by atoms with E-state index in [1.807, 2.05) is 42.5 Å². The molecule has 0 N–H and O–H groups in total. The minimum absolute atomic E-state index is 0.411. The number of hydrogen-bond acceptors (Lipinski definition) is 3. The van der Waals surface area contributed by atoms with E-state index in [-0.39, 0.29) is 0 Å². The van der Waals surface area contributed by atoms with Crippen molar-refractivity contribution < 1.29 is 9.53 Å². The number of carbonyl (C=O) groups is 1. The first-order chi connectivity index (χ1) is 10.8. The number of aromatic nitrogens is 2. The van der Waals surface area contributed by atoms with E-state index < -0.39 is 5.97 Å². The molecule has 0 bridgehead atoms. The predicted octanol–water partition coefficient (Wildman–Crippen LogP) is 3.65. The van der Waals surface area contributed by atoms with Gasteiger partial charge in [-0.1, -0.05) is 37.3 Å². The lowest BCUT2D eigenvalue weighted by Gasteiger charge is -2.03. The first-order valence-electron chi connectivity index (χ1n) is 7.17. The third kappa shape index (κ3) is 3.06. The third-order valence-corrected chi connectivity index (χ3v) is 3.38. The van der Waals surface area contributed by atoms with Crippen LogP contribution in [0.25, 0.3) is 5.69 Å². The Morgan fingerprint density at radius 2 is 1.82 bits per heavy atom. The number of benzene rings is 2. The van der Waals surface area contributed by atoms with Crippen molar-refractivity contribution in [1.29, 1.82) is 0 Å². The summed E-state index contributed by atoms with van der Waals surface area (Å²) < 4.78 is 7.01. The predicted molar refractivity (Wildman–Crippen MR) is 84.3 cm³/mol. The maximum Gasteiger partial charge on any atom is 0.346 e. The van der Waals surface area contributed by atoms with Crippen molar-refractivity contribution in [3.05, 3.63) is 78.1 Å². The number of ether oxygens (including phenoxy) is 1. The molecule has 4 heteroatoms. The molecule has 4 nitrogen and oxygen atoms in total. The third-order valence-electron chi connectivity index (χ3n) is 3.38. The number of hydrogen-bond donors (Lipinski definition) is 0. The van der Waals surface area contributed by atoms with Crippen LogP contribution in [0.1, 0.15) is 22.8 Å². The quantitative estimate of drug-likeness (QED) is 0.544. The van der Waals surface area contributed by atoms with Crippen LogP contribution < -0.4 is 4.74 Å². The highest BCUT2D eigenvalue weighted by Crippen LogP contribution is 2.15. The van der Waals surface area contributed by atoms with Crippen molar-refractivity contribution >= 4 is 5.97 Å². The lowest BCUT2D eigenvalue weighted by Crippen LogP contribution is -2.07. The second-order valence-electron chi connectivity index (χ2n) is 4.90. The van der Waals surface area contributed by atoms with E-state index in [1.54, 1.807) is 23.0 Å². The van der Waals surface area contributed by atoms with Crippen LogP contribution in [0.2, 0.25) is 0 Å². The van der Waals surface area contributed by atoms with Gasteiger partial charge in [0.2, 0.25) is 0 Å². The second kappa shape index (κ2) is 6.26. The van der Waals surface area contributed by atoms with Gasteiger partial charge in [-0.15, -0.1) is 0 Å². The maximum atomic E-state index is 12.1. The molecule has 3 rings (SSSR count). The lowest BCUT2D eigenvalue weighted by atomic mass is 10.2. The molecule has 1 heterocycles. The average Bonchev–Trinajstić information content (AvgIpc) is 3.06. The van der Waals surface area contributed by atoms with Crippen molar-refractivity contribution in [2.24, 2.45) is 0 Å². The van der Waals surface area contributed by atoms with Gasteiger partial charge < -0.3 is 4.74 Å². The van der Waals surface area contributed by atoms with Gasteiger partial charge in [0.1, 0.15) is 5.75 Å². The summed E-state index contributed by atoms with van der Waals surface area (Å²) in [6.07, 6.45) is 4.13. The molecule has 110 valence electrons. The van der Waals surface area contributed by atoms with Gasteiger partial charge in [0.25, 0.3) is 0 Å². The molecule has 0 spiro atoms. The van der Waals surface area contributed by atoms with Crippen LogP contribution in [0.5, 0.6) is 5.75 Å². The number of carbonyl (C=O) groups excluding carboxylic acids is 1. The summed E-state index contributed by atoms with van der Waals surface area (Å²) in [6, 6.07) is 17.1. The van der Waals surface area contributed by atoms with Crippen LogP contribution in [0.4, 0.5) is 0 Å². The van der Waals surface area contributed by atoms with Crippen molar-refractivity contribution in [3.8, 4) is 11.4 Å². The lowest BCUT2D eigenvalue weighted by molar-refractivity contribution is 0.0734. The molecule has 0 saturated carbocycles. The zero-order chi connectivity index (χ0) is 15.4. The molecule has 0 radical (unpaired) electrons. The molecular weight excluding hydrogens is 276 g/mol. The Balaban J connectivity index is 1.74. The summed E-state index contributed by atoms with van der Waals surface area (Å²) in [5, 5.41) is 4.19. The van der Waals surface area contributed by atoms with Gasteiger partial charge in [-0.25, -0.2) is 9.48 Å². The van der Waals surface area contributed by atoms with Gasteiger partial charge in [-0.2, -0.15) is 5.10 Å². The molecule has 0 atom stereocenters. The molecule has 0 aliphatic rings.